The predicted octanol–water partition coefficient (Wildman–Crippen LogP) is 8.08. The van der Waals surface area contributed by atoms with Gasteiger partial charge in [0.1, 0.15) is 6.10 Å². The maximum absolute atomic E-state index is 12.4. The van der Waals surface area contributed by atoms with Crippen LogP contribution >= 0.6 is 11.6 Å². The summed E-state index contributed by atoms with van der Waals surface area (Å²) >= 11 is 6.64. The number of nitrogens with zero attached hydrogens (tertiary/aromatic N) is 1. The number of aromatic nitrogens is 2. The fraction of sp³-hybridized carbons (Fsp3) is 0.355. The van der Waals surface area contributed by atoms with Gasteiger partial charge in [-0.25, -0.2) is 4.98 Å². The Hall–Kier alpha value is -3.31. The molecule has 0 amide bonds. The molecule has 1 N–H and O–H groups in total. The Kier molecular flexibility index (Phi) is 7.25. The number of carbonyl (C=O) groups excluding carboxylic acids is 1. The van der Waals surface area contributed by atoms with Gasteiger partial charge in [0.05, 0.1) is 33.8 Å². The Bertz CT molecular complexity index is 1370. The molecule has 2 aromatic carbocycles. The molecule has 0 radical (unpaired) electrons. The third-order valence-corrected chi connectivity index (χ3v) is 7.87. The lowest BCUT2D eigenvalue weighted by atomic mass is 9.70. The van der Waals surface area contributed by atoms with Crippen molar-refractivity contribution >= 4 is 28.6 Å². The number of nitrogens with one attached hydrogen (secondary N) is 1. The summed E-state index contributed by atoms with van der Waals surface area (Å²) < 4.78 is 11.6. The Labute approximate surface area is 223 Å². The summed E-state index contributed by atoms with van der Waals surface area (Å²) in [5.41, 5.74) is 5.24. The minimum absolute atomic E-state index is 0.0998. The van der Waals surface area contributed by atoms with Crippen LogP contribution in [0.2, 0.25) is 5.02 Å². The van der Waals surface area contributed by atoms with E-state index in [0.29, 0.717) is 23.4 Å². The zero-order valence-corrected chi connectivity index (χ0v) is 22.3. The van der Waals surface area contributed by atoms with Crippen molar-refractivity contribution in [3.05, 3.63) is 71.8 Å². The summed E-state index contributed by atoms with van der Waals surface area (Å²) in [5, 5.41) is 0.593. The summed E-state index contributed by atoms with van der Waals surface area (Å²) in [5.74, 6) is 0.886. The highest BCUT2D eigenvalue weighted by atomic mass is 35.5. The Morgan fingerprint density at radius 2 is 1.62 bits per heavy atom. The van der Waals surface area contributed by atoms with Gasteiger partial charge in [0.15, 0.2) is 5.88 Å². The number of carbonyl (C=O) groups is 1. The zero-order chi connectivity index (χ0) is 26.0. The summed E-state index contributed by atoms with van der Waals surface area (Å²) in [4.78, 5) is 20.6. The largest absolute Gasteiger partial charge is 0.476 e. The normalized spacial score (nSPS) is 18.1. The molecule has 6 heteroatoms. The van der Waals surface area contributed by atoms with Crippen molar-refractivity contribution < 1.29 is 14.3 Å². The topological polar surface area (TPSA) is 64.2 Å². The van der Waals surface area contributed by atoms with Crippen LogP contribution in [0.4, 0.5) is 0 Å². The molecule has 192 valence electrons. The monoisotopic (exact) mass is 516 g/mol. The number of aromatic amines is 1. The Morgan fingerprint density at radius 3 is 2.30 bits per heavy atom. The van der Waals surface area contributed by atoms with E-state index in [4.69, 9.17) is 26.1 Å². The number of hydrogen-bond acceptors (Lipinski definition) is 4. The van der Waals surface area contributed by atoms with E-state index in [1.807, 2.05) is 51.1 Å². The lowest BCUT2D eigenvalue weighted by Gasteiger charge is -2.37. The van der Waals surface area contributed by atoms with Crippen LogP contribution in [-0.4, -0.2) is 28.6 Å². The summed E-state index contributed by atoms with van der Waals surface area (Å²) in [7, 11) is 0. The first kappa shape index (κ1) is 25.3. The van der Waals surface area contributed by atoms with E-state index in [9.17, 15) is 4.79 Å². The minimum atomic E-state index is -0.474. The highest BCUT2D eigenvalue weighted by Crippen LogP contribution is 2.40. The first-order valence-electron chi connectivity index (χ1n) is 13.0. The molecule has 4 aromatic rings. The van der Waals surface area contributed by atoms with E-state index in [1.165, 1.54) is 5.56 Å². The van der Waals surface area contributed by atoms with Crippen LogP contribution in [0.1, 0.15) is 46.5 Å². The van der Waals surface area contributed by atoms with Gasteiger partial charge in [-0.05, 0) is 69.6 Å². The smallest absolute Gasteiger partial charge is 0.311 e. The molecule has 5 nitrogen and oxygen atoms in total. The van der Waals surface area contributed by atoms with E-state index in [-0.39, 0.29) is 12.1 Å². The average Bonchev–Trinajstić information content (AvgIpc) is 3.30. The maximum atomic E-state index is 12.4. The molecule has 1 fully saturated rings. The van der Waals surface area contributed by atoms with Crippen molar-refractivity contribution in [3.8, 4) is 28.3 Å². The summed E-state index contributed by atoms with van der Waals surface area (Å²) in [6.07, 6.45) is 3.77. The number of H-pyrrole nitrogens is 1. The summed E-state index contributed by atoms with van der Waals surface area (Å²) in [6, 6.07) is 22.5. The van der Waals surface area contributed by atoms with Gasteiger partial charge in [-0.15, -0.1) is 0 Å². The molecule has 37 heavy (non-hydrogen) atoms. The number of pyridine rings is 1. The van der Waals surface area contributed by atoms with Gasteiger partial charge in [0.25, 0.3) is 0 Å². The third-order valence-electron chi connectivity index (χ3n) is 7.59. The van der Waals surface area contributed by atoms with Gasteiger partial charge in [0, 0.05) is 11.6 Å². The molecule has 0 aliphatic heterocycles. The van der Waals surface area contributed by atoms with E-state index in [1.54, 1.807) is 0 Å². The molecule has 0 atom stereocenters. The minimum Gasteiger partial charge on any atom is -0.476 e. The Balaban J connectivity index is 1.27. The van der Waals surface area contributed by atoms with E-state index >= 15 is 0 Å². The van der Waals surface area contributed by atoms with Gasteiger partial charge in [-0.1, -0.05) is 66.2 Å². The number of ether oxygens (including phenoxy) is 2. The summed E-state index contributed by atoms with van der Waals surface area (Å²) in [6.45, 7) is 6.26. The second kappa shape index (κ2) is 10.6. The number of fused-ring (bicyclic) bond motifs is 1. The van der Waals surface area contributed by atoms with E-state index < -0.39 is 5.41 Å². The van der Waals surface area contributed by atoms with Crippen molar-refractivity contribution in [2.24, 2.45) is 11.3 Å². The number of halogens is 1. The quantitative estimate of drug-likeness (QED) is 0.252. The number of benzene rings is 2. The van der Waals surface area contributed by atoms with Gasteiger partial charge in [-0.2, -0.15) is 0 Å². The van der Waals surface area contributed by atoms with Crippen molar-refractivity contribution in [1.82, 2.24) is 9.97 Å². The van der Waals surface area contributed by atoms with Crippen LogP contribution in [-0.2, 0) is 9.53 Å². The molecule has 0 bridgehead atoms. The van der Waals surface area contributed by atoms with E-state index in [2.05, 4.69) is 41.4 Å². The van der Waals surface area contributed by atoms with Crippen LogP contribution < -0.4 is 4.74 Å². The van der Waals surface area contributed by atoms with Crippen molar-refractivity contribution in [2.45, 2.75) is 52.6 Å². The Morgan fingerprint density at radius 1 is 0.973 bits per heavy atom. The third kappa shape index (κ3) is 5.37. The van der Waals surface area contributed by atoms with Gasteiger partial charge < -0.3 is 14.5 Å². The van der Waals surface area contributed by atoms with Crippen LogP contribution in [0.15, 0.2) is 66.7 Å². The molecule has 1 aliphatic rings. The molecule has 5 rings (SSSR count). The highest BCUT2D eigenvalue weighted by molar-refractivity contribution is 6.33. The van der Waals surface area contributed by atoms with Crippen LogP contribution in [0.25, 0.3) is 33.4 Å². The molecule has 0 unspecified atom stereocenters. The number of hydrogen-bond donors (Lipinski definition) is 1. The molecule has 2 aromatic heterocycles. The van der Waals surface area contributed by atoms with Crippen LogP contribution in [0.3, 0.4) is 0 Å². The predicted molar refractivity (Wildman–Crippen MR) is 149 cm³/mol. The number of rotatable bonds is 7. The first-order valence-corrected chi connectivity index (χ1v) is 13.4. The molecule has 1 saturated carbocycles. The van der Waals surface area contributed by atoms with Crippen molar-refractivity contribution in [2.75, 3.05) is 6.61 Å². The number of esters is 1. The van der Waals surface area contributed by atoms with Crippen LogP contribution in [0.5, 0.6) is 5.88 Å². The maximum Gasteiger partial charge on any atom is 0.311 e. The molecule has 0 saturated heterocycles. The zero-order valence-electron chi connectivity index (χ0n) is 21.6. The molecular formula is C31H33ClN2O3. The van der Waals surface area contributed by atoms with Gasteiger partial charge in [-0.3, -0.25) is 4.79 Å². The lowest BCUT2D eigenvalue weighted by molar-refractivity contribution is -0.157. The van der Waals surface area contributed by atoms with E-state index in [0.717, 1.165) is 53.5 Å². The highest BCUT2D eigenvalue weighted by Gasteiger charge is 2.40. The second-order valence-corrected chi connectivity index (χ2v) is 10.8. The first-order chi connectivity index (χ1) is 17.8. The average molecular weight is 517 g/mol. The lowest BCUT2D eigenvalue weighted by Crippen LogP contribution is -2.38. The van der Waals surface area contributed by atoms with Gasteiger partial charge in [0.2, 0.25) is 0 Å². The fourth-order valence-corrected chi connectivity index (χ4v) is 5.55. The molecule has 1 aliphatic carbocycles. The fourth-order valence-electron chi connectivity index (χ4n) is 5.29. The second-order valence-electron chi connectivity index (χ2n) is 10.4. The van der Waals surface area contributed by atoms with Crippen molar-refractivity contribution in [1.29, 1.82) is 0 Å². The SMILES string of the molecule is CCOC(=O)C(C)(C)C1CCC(Oc2cc3nc(-c4ccc(-c5ccccc5)cc4)c(Cl)cc3[nH]2)CC1. The molecule has 0 spiro atoms. The van der Waals surface area contributed by atoms with Gasteiger partial charge >= 0.3 is 5.97 Å². The standard InChI is InChI=1S/C31H33ClN2O3/c1-4-36-30(35)31(2,3)23-14-16-24(17-15-23)37-28-19-27-26(33-28)18-25(32)29(34-27)22-12-10-21(11-13-22)20-8-6-5-7-9-20/h5-13,18-19,23-24,33H,4,14-17H2,1-3H3. The molecule has 2 heterocycles. The molecular weight excluding hydrogens is 484 g/mol. The van der Waals surface area contributed by atoms with Crippen LogP contribution in [0, 0.1) is 11.3 Å². The van der Waals surface area contributed by atoms with Crippen molar-refractivity contribution in [3.63, 3.8) is 0 Å².